The Morgan fingerprint density at radius 2 is 2.16 bits per heavy atom. The number of hydrogen-bond donors (Lipinski definition) is 3. The van der Waals surface area contributed by atoms with Gasteiger partial charge >= 0.3 is 11.9 Å². The van der Waals surface area contributed by atoms with Crippen LogP contribution in [0, 0.1) is 6.92 Å². The Morgan fingerprint density at radius 3 is 2.80 bits per heavy atom. The molecule has 1 unspecified atom stereocenters. The number of carboxylic acid groups (broad SMARTS) is 2. The monoisotopic (exact) mass is 401 g/mol. The first-order chi connectivity index (χ1) is 11.8. The molecule has 0 aromatic carbocycles. The van der Waals surface area contributed by atoms with Crippen LogP contribution in [0.2, 0.25) is 0 Å². The molecule has 3 heterocycles. The van der Waals surface area contributed by atoms with E-state index in [0.29, 0.717) is 32.0 Å². The molecule has 0 spiro atoms. The Balaban J connectivity index is 1.76. The van der Waals surface area contributed by atoms with E-state index in [2.05, 4.69) is 4.98 Å². The number of aryl methyl sites for hydroxylation is 1. The van der Waals surface area contributed by atoms with Crippen LogP contribution in [0.1, 0.15) is 10.6 Å². The average molecular weight is 401 g/mol. The van der Waals surface area contributed by atoms with Crippen LogP contribution < -0.4 is 5.73 Å². The second-order valence-electron chi connectivity index (χ2n) is 5.54. The molecule has 3 rings (SSSR count). The van der Waals surface area contributed by atoms with Crippen molar-refractivity contribution >= 4 is 52.7 Å². The lowest BCUT2D eigenvalue weighted by atomic mass is 10.0. The molecule has 0 bridgehead atoms. The number of aliphatic carboxylic acids is 2. The number of fused-ring (bicyclic) bond motifs is 1. The van der Waals surface area contributed by atoms with Crippen molar-refractivity contribution in [2.75, 3.05) is 11.5 Å². The summed E-state index contributed by atoms with van der Waals surface area (Å²) in [6, 6.07) is -0.645. The number of β-lactam (4-membered cyclic amide) rings is 1. The molecule has 1 aromatic heterocycles. The largest absolute Gasteiger partial charge is 0.481 e. The van der Waals surface area contributed by atoms with Crippen molar-refractivity contribution in [3.05, 3.63) is 21.8 Å². The number of nitrogens with two attached hydrogens (primary N) is 1. The highest BCUT2D eigenvalue weighted by atomic mass is 32.2. The summed E-state index contributed by atoms with van der Waals surface area (Å²) in [7, 11) is 0. The van der Waals surface area contributed by atoms with Gasteiger partial charge < -0.3 is 15.9 Å². The van der Waals surface area contributed by atoms with Crippen molar-refractivity contribution in [2.24, 2.45) is 5.73 Å². The van der Waals surface area contributed by atoms with E-state index in [4.69, 9.17) is 10.8 Å². The SMILES string of the molecule is Cc1nc(SCC2=C(C(=O)O)N3C(=O)C(N)[C@@H]3SC2)sc1CC(=O)O. The zero-order valence-corrected chi connectivity index (χ0v) is 15.5. The number of thiazole rings is 1. The minimum Gasteiger partial charge on any atom is -0.481 e. The van der Waals surface area contributed by atoms with Gasteiger partial charge in [0.25, 0.3) is 0 Å². The third kappa shape index (κ3) is 3.41. The second-order valence-corrected chi connectivity index (χ2v) is 8.95. The molecule has 8 nitrogen and oxygen atoms in total. The van der Waals surface area contributed by atoms with Gasteiger partial charge in [0.1, 0.15) is 17.1 Å². The standard InChI is InChI=1S/C14H15N3O5S3/c1-5-7(2-8(18)19)25-14(16-5)24-4-6-3-23-12-9(15)11(20)17(12)10(6)13(21)22/h9,12H,2-4,15H2,1H3,(H,18,19)(H,21,22)/t9?,12-/m0/s1. The zero-order chi connectivity index (χ0) is 18.3. The maximum atomic E-state index is 11.9. The summed E-state index contributed by atoms with van der Waals surface area (Å²) in [6.07, 6.45) is -0.0785. The molecule has 134 valence electrons. The molecule has 2 aliphatic heterocycles. The van der Waals surface area contributed by atoms with Crippen LogP contribution in [-0.2, 0) is 20.8 Å². The average Bonchev–Trinajstić information content (AvgIpc) is 2.90. The number of carbonyl (C=O) groups is 3. The van der Waals surface area contributed by atoms with Gasteiger partial charge in [-0.15, -0.1) is 23.1 Å². The Hall–Kier alpha value is -1.56. The van der Waals surface area contributed by atoms with Crippen molar-refractivity contribution < 1.29 is 24.6 Å². The van der Waals surface area contributed by atoms with Gasteiger partial charge in [-0.25, -0.2) is 9.78 Å². The van der Waals surface area contributed by atoms with Crippen LogP contribution in [0.25, 0.3) is 0 Å². The molecule has 4 N–H and O–H groups in total. The summed E-state index contributed by atoms with van der Waals surface area (Å²) in [6.45, 7) is 1.75. The van der Waals surface area contributed by atoms with Gasteiger partial charge in [-0.1, -0.05) is 11.8 Å². The minimum absolute atomic E-state index is 0.0157. The highest BCUT2D eigenvalue weighted by molar-refractivity contribution is 8.01. The van der Waals surface area contributed by atoms with Gasteiger partial charge in [-0.3, -0.25) is 14.5 Å². The van der Waals surface area contributed by atoms with Gasteiger partial charge in [0.15, 0.2) is 4.34 Å². The van der Waals surface area contributed by atoms with Crippen LogP contribution in [0.5, 0.6) is 0 Å². The van der Waals surface area contributed by atoms with Gasteiger partial charge in [0, 0.05) is 16.4 Å². The molecule has 2 aliphatic rings. The number of nitrogens with zero attached hydrogens (tertiary/aromatic N) is 2. The lowest BCUT2D eigenvalue weighted by Gasteiger charge is -2.48. The van der Waals surface area contributed by atoms with Crippen LogP contribution in [-0.4, -0.2) is 60.9 Å². The lowest BCUT2D eigenvalue weighted by molar-refractivity contribution is -0.147. The van der Waals surface area contributed by atoms with E-state index in [1.807, 2.05) is 0 Å². The number of thioether (sulfide) groups is 2. The highest BCUT2D eigenvalue weighted by Crippen LogP contribution is 2.41. The summed E-state index contributed by atoms with van der Waals surface area (Å²) < 4.78 is 0.685. The fourth-order valence-electron chi connectivity index (χ4n) is 2.60. The molecule has 1 aromatic rings. The highest BCUT2D eigenvalue weighted by Gasteiger charge is 2.51. The van der Waals surface area contributed by atoms with Crippen LogP contribution >= 0.6 is 34.9 Å². The van der Waals surface area contributed by atoms with Gasteiger partial charge in [-0.05, 0) is 12.5 Å². The molecule has 0 radical (unpaired) electrons. The van der Waals surface area contributed by atoms with E-state index in [-0.39, 0.29) is 23.4 Å². The maximum Gasteiger partial charge on any atom is 0.352 e. The fourth-order valence-corrected chi connectivity index (χ4v) is 6.26. The first kappa shape index (κ1) is 18.2. The number of amides is 1. The quantitative estimate of drug-likeness (QED) is 0.466. The van der Waals surface area contributed by atoms with Crippen LogP contribution in [0.15, 0.2) is 15.6 Å². The Kier molecular flexibility index (Phi) is 5.09. The summed E-state index contributed by atoms with van der Waals surface area (Å²) in [4.78, 5) is 40.6. The van der Waals surface area contributed by atoms with Crippen molar-refractivity contribution in [3.8, 4) is 0 Å². The first-order valence-corrected chi connectivity index (χ1v) is 10.1. The van der Waals surface area contributed by atoms with Crippen LogP contribution in [0.3, 0.4) is 0 Å². The fraction of sp³-hybridized carbons (Fsp3) is 0.429. The number of aromatic nitrogens is 1. The van der Waals surface area contributed by atoms with E-state index in [1.54, 1.807) is 6.92 Å². The number of hydrogen-bond acceptors (Lipinski definition) is 8. The van der Waals surface area contributed by atoms with Gasteiger partial charge in [-0.2, -0.15) is 0 Å². The minimum atomic E-state index is -1.14. The van der Waals surface area contributed by atoms with Crippen molar-refractivity contribution in [1.82, 2.24) is 9.88 Å². The molecule has 1 amide bonds. The topological polar surface area (TPSA) is 134 Å². The summed E-state index contributed by atoms with van der Waals surface area (Å²) in [5, 5.41) is 18.1. The normalized spacial score (nSPS) is 22.6. The summed E-state index contributed by atoms with van der Waals surface area (Å²) in [5.74, 6) is -1.56. The van der Waals surface area contributed by atoms with E-state index in [9.17, 15) is 19.5 Å². The number of carbonyl (C=O) groups excluding carboxylic acids is 1. The summed E-state index contributed by atoms with van der Waals surface area (Å²) >= 11 is 4.10. The molecular weight excluding hydrogens is 386 g/mol. The predicted octanol–water partition coefficient (Wildman–Crippen LogP) is 0.752. The third-order valence-electron chi connectivity index (χ3n) is 3.85. The van der Waals surface area contributed by atoms with Crippen molar-refractivity contribution in [2.45, 2.75) is 29.1 Å². The molecule has 1 fully saturated rings. The Bertz CT molecular complexity index is 791. The first-order valence-electron chi connectivity index (χ1n) is 7.26. The summed E-state index contributed by atoms with van der Waals surface area (Å²) in [5.41, 5.74) is 7.05. The van der Waals surface area contributed by atoms with E-state index < -0.39 is 18.0 Å². The van der Waals surface area contributed by atoms with Gasteiger partial charge in [0.05, 0.1) is 12.1 Å². The van der Waals surface area contributed by atoms with Crippen LogP contribution in [0.4, 0.5) is 0 Å². The van der Waals surface area contributed by atoms with Crippen molar-refractivity contribution in [1.29, 1.82) is 0 Å². The van der Waals surface area contributed by atoms with Crippen molar-refractivity contribution in [3.63, 3.8) is 0 Å². The third-order valence-corrected chi connectivity index (χ3v) is 7.59. The lowest BCUT2D eigenvalue weighted by Crippen LogP contribution is -2.68. The Morgan fingerprint density at radius 1 is 1.44 bits per heavy atom. The zero-order valence-electron chi connectivity index (χ0n) is 13.1. The predicted molar refractivity (Wildman–Crippen MR) is 94.6 cm³/mol. The van der Waals surface area contributed by atoms with E-state index in [0.717, 1.165) is 0 Å². The molecule has 25 heavy (non-hydrogen) atoms. The molecule has 2 atom stereocenters. The van der Waals surface area contributed by atoms with Gasteiger partial charge in [0.2, 0.25) is 5.91 Å². The Labute approximate surface area is 155 Å². The van der Waals surface area contributed by atoms with E-state index >= 15 is 0 Å². The van der Waals surface area contributed by atoms with E-state index in [1.165, 1.54) is 39.8 Å². The number of carboxylic acids is 2. The number of rotatable bonds is 6. The molecule has 11 heteroatoms. The molecule has 0 saturated carbocycles. The molecular formula is C14H15N3O5S3. The molecule has 0 aliphatic carbocycles. The molecule has 1 saturated heterocycles. The maximum absolute atomic E-state index is 11.9. The smallest absolute Gasteiger partial charge is 0.352 e. The second kappa shape index (κ2) is 6.98.